The molecule has 0 aromatic rings. The van der Waals surface area contributed by atoms with Crippen molar-refractivity contribution in [3.63, 3.8) is 0 Å². The quantitative estimate of drug-likeness (QED) is 0.619. The second-order valence-electron chi connectivity index (χ2n) is 5.99. The predicted octanol–water partition coefficient (Wildman–Crippen LogP) is 1.37. The third kappa shape index (κ3) is 5.63. The minimum atomic E-state index is -1.04. The van der Waals surface area contributed by atoms with E-state index in [9.17, 15) is 19.5 Å². The smallest absolute Gasteiger partial charge is 0.331 e. The first-order chi connectivity index (χ1) is 11.3. The Morgan fingerprint density at radius 3 is 2.33 bits per heavy atom. The minimum Gasteiger partial charge on any atom is -0.478 e. The molecule has 0 heterocycles. The van der Waals surface area contributed by atoms with E-state index >= 15 is 0 Å². The van der Waals surface area contributed by atoms with Gasteiger partial charge in [-0.15, -0.1) is 0 Å². The van der Waals surface area contributed by atoms with Crippen molar-refractivity contribution < 1.29 is 24.2 Å². The molecule has 0 fully saturated rings. The molecule has 0 saturated carbocycles. The standard InChI is InChI=1S/C17H28N2O5/c1-5-12(6-2)24-14-9-11(17(22)23)8-13(19-15(21)7-3)16(14)18-10(4)20/h9,12-14,16H,5-8H2,1-4H3,(H,18,20)(H,19,21)(H,22,23)/t13-,14+,16+/m0/s1. The summed E-state index contributed by atoms with van der Waals surface area (Å²) in [5.41, 5.74) is 0.189. The molecule has 1 rings (SSSR count). The van der Waals surface area contributed by atoms with Crippen molar-refractivity contribution >= 4 is 17.8 Å². The van der Waals surface area contributed by atoms with Crippen molar-refractivity contribution in [1.29, 1.82) is 0 Å². The Balaban J connectivity index is 3.13. The van der Waals surface area contributed by atoms with E-state index in [-0.39, 0.29) is 36.3 Å². The highest BCUT2D eigenvalue weighted by Crippen LogP contribution is 2.24. The van der Waals surface area contributed by atoms with Crippen molar-refractivity contribution in [3.05, 3.63) is 11.6 Å². The highest BCUT2D eigenvalue weighted by molar-refractivity contribution is 5.87. The highest BCUT2D eigenvalue weighted by Gasteiger charge is 2.38. The third-order valence-electron chi connectivity index (χ3n) is 4.17. The number of carbonyl (C=O) groups excluding carboxylic acids is 2. The second-order valence-corrected chi connectivity index (χ2v) is 5.99. The van der Waals surface area contributed by atoms with E-state index in [0.717, 1.165) is 12.8 Å². The van der Waals surface area contributed by atoms with Gasteiger partial charge in [-0.2, -0.15) is 0 Å². The Hall–Kier alpha value is -1.89. The maximum atomic E-state index is 11.8. The van der Waals surface area contributed by atoms with Crippen LogP contribution < -0.4 is 10.6 Å². The molecule has 0 unspecified atom stereocenters. The molecule has 0 saturated heterocycles. The maximum Gasteiger partial charge on any atom is 0.331 e. The normalized spacial score (nSPS) is 23.5. The zero-order valence-corrected chi connectivity index (χ0v) is 14.8. The number of aliphatic carboxylic acids is 1. The monoisotopic (exact) mass is 340 g/mol. The average Bonchev–Trinajstić information content (AvgIpc) is 2.53. The van der Waals surface area contributed by atoms with E-state index in [0.29, 0.717) is 0 Å². The van der Waals surface area contributed by atoms with Crippen LogP contribution in [0.2, 0.25) is 0 Å². The fourth-order valence-corrected chi connectivity index (χ4v) is 2.82. The largest absolute Gasteiger partial charge is 0.478 e. The molecule has 0 aromatic carbocycles. The van der Waals surface area contributed by atoms with Crippen LogP contribution in [0.4, 0.5) is 0 Å². The third-order valence-corrected chi connectivity index (χ3v) is 4.17. The lowest BCUT2D eigenvalue weighted by atomic mass is 9.87. The van der Waals surface area contributed by atoms with Crippen molar-refractivity contribution in [2.24, 2.45) is 0 Å². The van der Waals surface area contributed by atoms with E-state index in [4.69, 9.17) is 4.74 Å². The van der Waals surface area contributed by atoms with E-state index < -0.39 is 24.2 Å². The van der Waals surface area contributed by atoms with Gasteiger partial charge in [0.15, 0.2) is 0 Å². The van der Waals surface area contributed by atoms with Crippen LogP contribution in [-0.4, -0.2) is 47.2 Å². The molecule has 3 atom stereocenters. The van der Waals surface area contributed by atoms with Crippen molar-refractivity contribution in [2.45, 2.75) is 77.7 Å². The van der Waals surface area contributed by atoms with Crippen LogP contribution in [0.1, 0.15) is 53.4 Å². The summed E-state index contributed by atoms with van der Waals surface area (Å²) < 4.78 is 6.02. The molecule has 2 amide bonds. The Morgan fingerprint density at radius 1 is 1.25 bits per heavy atom. The Morgan fingerprint density at radius 2 is 1.88 bits per heavy atom. The SMILES string of the molecule is CCC(=O)N[C@H]1CC(C(=O)O)=C[C@@H](OC(CC)CC)[C@@H]1NC(C)=O. The summed E-state index contributed by atoms with van der Waals surface area (Å²) in [5, 5.41) is 15.0. The number of amides is 2. The van der Waals surface area contributed by atoms with Gasteiger partial charge in [-0.1, -0.05) is 20.8 Å². The van der Waals surface area contributed by atoms with Gasteiger partial charge >= 0.3 is 5.97 Å². The molecule has 1 aliphatic carbocycles. The highest BCUT2D eigenvalue weighted by atomic mass is 16.5. The van der Waals surface area contributed by atoms with Gasteiger partial charge in [-0.3, -0.25) is 9.59 Å². The van der Waals surface area contributed by atoms with Crippen LogP contribution in [0.5, 0.6) is 0 Å². The van der Waals surface area contributed by atoms with Crippen molar-refractivity contribution in [2.75, 3.05) is 0 Å². The first-order valence-electron chi connectivity index (χ1n) is 8.48. The summed E-state index contributed by atoms with van der Waals surface area (Å²) in [4.78, 5) is 34.8. The van der Waals surface area contributed by atoms with Crippen LogP contribution in [-0.2, 0) is 19.1 Å². The molecule has 0 aliphatic heterocycles. The van der Waals surface area contributed by atoms with Crippen LogP contribution in [0, 0.1) is 0 Å². The summed E-state index contributed by atoms with van der Waals surface area (Å²) in [7, 11) is 0. The van der Waals surface area contributed by atoms with Gasteiger partial charge in [-0.05, 0) is 18.9 Å². The van der Waals surface area contributed by atoms with Crippen LogP contribution in [0.3, 0.4) is 0 Å². The second kappa shape index (κ2) is 9.42. The Labute approximate surface area is 142 Å². The fourth-order valence-electron chi connectivity index (χ4n) is 2.82. The van der Waals surface area contributed by atoms with Gasteiger partial charge in [0.05, 0.1) is 24.3 Å². The van der Waals surface area contributed by atoms with Crippen LogP contribution in [0.15, 0.2) is 11.6 Å². The number of rotatable bonds is 8. The summed E-state index contributed by atoms with van der Waals surface area (Å²) >= 11 is 0. The lowest BCUT2D eigenvalue weighted by Gasteiger charge is -2.38. The molecular formula is C17H28N2O5. The molecule has 0 radical (unpaired) electrons. The zero-order valence-electron chi connectivity index (χ0n) is 14.8. The summed E-state index contributed by atoms with van der Waals surface area (Å²) in [6.45, 7) is 7.09. The number of ether oxygens (including phenoxy) is 1. The summed E-state index contributed by atoms with van der Waals surface area (Å²) in [5.74, 6) is -1.48. The summed E-state index contributed by atoms with van der Waals surface area (Å²) in [6.07, 6.45) is 2.90. The van der Waals surface area contributed by atoms with E-state index in [2.05, 4.69) is 10.6 Å². The Kier molecular flexibility index (Phi) is 7.91. The first-order valence-corrected chi connectivity index (χ1v) is 8.48. The van der Waals surface area contributed by atoms with Crippen molar-refractivity contribution in [1.82, 2.24) is 10.6 Å². The van der Waals surface area contributed by atoms with Gasteiger partial charge in [0, 0.05) is 25.3 Å². The number of carboxylic acids is 1. The molecule has 7 heteroatoms. The number of carbonyl (C=O) groups is 3. The van der Waals surface area contributed by atoms with E-state index in [1.807, 2.05) is 13.8 Å². The van der Waals surface area contributed by atoms with E-state index in [1.165, 1.54) is 6.92 Å². The number of hydrogen-bond acceptors (Lipinski definition) is 4. The van der Waals surface area contributed by atoms with Gasteiger partial charge < -0.3 is 20.5 Å². The van der Waals surface area contributed by atoms with Gasteiger partial charge in [0.2, 0.25) is 11.8 Å². The van der Waals surface area contributed by atoms with Gasteiger partial charge in [-0.25, -0.2) is 4.79 Å². The molecule has 1 aliphatic rings. The number of hydrogen-bond donors (Lipinski definition) is 3. The molecular weight excluding hydrogens is 312 g/mol. The predicted molar refractivity (Wildman–Crippen MR) is 89.4 cm³/mol. The Bertz CT molecular complexity index is 499. The minimum absolute atomic E-state index is 0.0434. The number of nitrogens with one attached hydrogen (secondary N) is 2. The van der Waals surface area contributed by atoms with Crippen molar-refractivity contribution in [3.8, 4) is 0 Å². The molecule has 24 heavy (non-hydrogen) atoms. The fraction of sp³-hybridized carbons (Fsp3) is 0.706. The molecule has 0 spiro atoms. The van der Waals surface area contributed by atoms with Crippen LogP contribution >= 0.6 is 0 Å². The molecule has 7 nitrogen and oxygen atoms in total. The average molecular weight is 340 g/mol. The lowest BCUT2D eigenvalue weighted by molar-refractivity contribution is -0.134. The molecule has 0 bridgehead atoms. The molecule has 0 aromatic heterocycles. The maximum absolute atomic E-state index is 11.8. The first kappa shape index (κ1) is 20.2. The van der Waals surface area contributed by atoms with Gasteiger partial charge in [0.1, 0.15) is 0 Å². The molecule has 3 N–H and O–H groups in total. The van der Waals surface area contributed by atoms with Crippen LogP contribution in [0.25, 0.3) is 0 Å². The van der Waals surface area contributed by atoms with E-state index in [1.54, 1.807) is 13.0 Å². The zero-order chi connectivity index (χ0) is 18.3. The topological polar surface area (TPSA) is 105 Å². The van der Waals surface area contributed by atoms with Gasteiger partial charge in [0.25, 0.3) is 0 Å². The lowest BCUT2D eigenvalue weighted by Crippen LogP contribution is -2.59. The summed E-state index contributed by atoms with van der Waals surface area (Å²) in [6, 6.07) is -1.02. The molecule has 136 valence electrons. The number of carboxylic acid groups (broad SMARTS) is 1.